The molecule has 0 aliphatic rings. The normalized spacial score (nSPS) is 12.3. The van der Waals surface area contributed by atoms with E-state index in [9.17, 15) is 4.79 Å². The number of nitrogens with zero attached hydrogens (tertiary/aromatic N) is 1. The number of para-hydroxylation sites is 1. The molecule has 1 aromatic rings. The van der Waals surface area contributed by atoms with Crippen molar-refractivity contribution < 1.29 is 9.90 Å². The van der Waals surface area contributed by atoms with Crippen LogP contribution >= 0.6 is 0 Å². The Labute approximate surface area is 109 Å². The molecule has 0 bridgehead atoms. The number of carboxylic acid groups (broad SMARTS) is 1. The first-order valence-electron chi connectivity index (χ1n) is 6.26. The fourth-order valence-electron chi connectivity index (χ4n) is 1.86. The van der Waals surface area contributed by atoms with Gasteiger partial charge in [-0.15, -0.1) is 0 Å². The van der Waals surface area contributed by atoms with Gasteiger partial charge in [0.05, 0.1) is 5.69 Å². The Morgan fingerprint density at radius 2 is 1.56 bits per heavy atom. The molecule has 0 spiro atoms. The molecule has 0 saturated heterocycles. The second-order valence-electron chi connectivity index (χ2n) is 5.10. The first-order chi connectivity index (χ1) is 8.34. The van der Waals surface area contributed by atoms with E-state index in [0.717, 1.165) is 16.8 Å². The van der Waals surface area contributed by atoms with Crippen LogP contribution in [0.5, 0.6) is 0 Å². The van der Waals surface area contributed by atoms with E-state index in [1.165, 1.54) is 6.92 Å². The Kier molecular flexibility index (Phi) is 4.65. The van der Waals surface area contributed by atoms with Gasteiger partial charge in [-0.1, -0.05) is 45.9 Å². The highest BCUT2D eigenvalue weighted by Crippen LogP contribution is 2.34. The summed E-state index contributed by atoms with van der Waals surface area (Å²) in [4.78, 5) is 15.3. The third-order valence-electron chi connectivity index (χ3n) is 2.93. The van der Waals surface area contributed by atoms with Crippen LogP contribution in [0.15, 0.2) is 23.2 Å². The van der Waals surface area contributed by atoms with Crippen molar-refractivity contribution in [2.45, 2.75) is 46.5 Å². The Morgan fingerprint density at radius 1 is 1.11 bits per heavy atom. The number of rotatable bonds is 4. The topological polar surface area (TPSA) is 49.7 Å². The summed E-state index contributed by atoms with van der Waals surface area (Å²) in [7, 11) is 0. The van der Waals surface area contributed by atoms with Crippen LogP contribution in [-0.2, 0) is 4.79 Å². The van der Waals surface area contributed by atoms with Crippen LogP contribution in [0.3, 0.4) is 0 Å². The Morgan fingerprint density at radius 3 is 1.89 bits per heavy atom. The molecule has 0 saturated carbocycles. The maximum Gasteiger partial charge on any atom is 0.349 e. The minimum atomic E-state index is -0.969. The molecule has 0 heterocycles. The molecule has 1 rings (SSSR count). The van der Waals surface area contributed by atoms with E-state index in [0.29, 0.717) is 11.8 Å². The van der Waals surface area contributed by atoms with Crippen molar-refractivity contribution in [1.82, 2.24) is 0 Å². The average molecular weight is 247 g/mol. The number of aliphatic imine (C=N–C) groups is 1. The SMILES string of the molecule is CC(=Nc1c(C(C)C)cccc1C(C)C)C(=O)O. The van der Waals surface area contributed by atoms with Crippen LogP contribution in [0, 0.1) is 0 Å². The lowest BCUT2D eigenvalue weighted by Crippen LogP contribution is -2.08. The fourth-order valence-corrected chi connectivity index (χ4v) is 1.86. The molecular weight excluding hydrogens is 226 g/mol. The Balaban J connectivity index is 3.45. The lowest BCUT2D eigenvalue weighted by atomic mass is 9.93. The minimum absolute atomic E-state index is 0.130. The molecule has 0 fully saturated rings. The third-order valence-corrected chi connectivity index (χ3v) is 2.93. The van der Waals surface area contributed by atoms with Crippen LogP contribution in [0.4, 0.5) is 5.69 Å². The number of aliphatic carboxylic acids is 1. The molecule has 3 nitrogen and oxygen atoms in total. The maximum absolute atomic E-state index is 10.9. The molecule has 0 aromatic heterocycles. The summed E-state index contributed by atoms with van der Waals surface area (Å²) in [6.45, 7) is 9.90. The largest absolute Gasteiger partial charge is 0.477 e. The van der Waals surface area contributed by atoms with E-state index in [1.54, 1.807) is 0 Å². The highest BCUT2D eigenvalue weighted by Gasteiger charge is 2.14. The van der Waals surface area contributed by atoms with Gasteiger partial charge in [0.1, 0.15) is 5.71 Å². The molecule has 0 atom stereocenters. The van der Waals surface area contributed by atoms with Gasteiger partial charge in [0.2, 0.25) is 0 Å². The molecular formula is C15H21NO2. The van der Waals surface area contributed by atoms with E-state index in [1.807, 2.05) is 18.2 Å². The summed E-state index contributed by atoms with van der Waals surface area (Å²) in [5, 5.41) is 8.97. The molecule has 0 radical (unpaired) electrons. The third kappa shape index (κ3) is 3.19. The Hall–Kier alpha value is -1.64. The molecule has 3 heteroatoms. The van der Waals surface area contributed by atoms with Crippen LogP contribution in [0.1, 0.15) is 57.6 Å². The lowest BCUT2D eigenvalue weighted by Gasteiger charge is -2.16. The summed E-state index contributed by atoms with van der Waals surface area (Å²) >= 11 is 0. The zero-order valence-electron chi connectivity index (χ0n) is 11.7. The van der Waals surface area contributed by atoms with E-state index < -0.39 is 5.97 Å². The molecule has 98 valence electrons. The van der Waals surface area contributed by atoms with Crippen LogP contribution in [-0.4, -0.2) is 16.8 Å². The van der Waals surface area contributed by atoms with Crippen LogP contribution < -0.4 is 0 Å². The number of benzene rings is 1. The molecule has 0 amide bonds. The molecule has 0 aliphatic carbocycles. The minimum Gasteiger partial charge on any atom is -0.477 e. The molecule has 18 heavy (non-hydrogen) atoms. The lowest BCUT2D eigenvalue weighted by molar-refractivity contribution is -0.129. The van der Waals surface area contributed by atoms with Crippen LogP contribution in [0.2, 0.25) is 0 Å². The van der Waals surface area contributed by atoms with Crippen LogP contribution in [0.25, 0.3) is 0 Å². The van der Waals surface area contributed by atoms with Gasteiger partial charge in [-0.2, -0.15) is 0 Å². The quantitative estimate of drug-likeness (QED) is 0.814. The van der Waals surface area contributed by atoms with Gasteiger partial charge in [-0.25, -0.2) is 9.79 Å². The van der Waals surface area contributed by atoms with Gasteiger partial charge in [0.15, 0.2) is 0 Å². The van der Waals surface area contributed by atoms with Crippen molar-refractivity contribution in [3.63, 3.8) is 0 Å². The number of hydrogen-bond acceptors (Lipinski definition) is 2. The molecule has 1 aromatic carbocycles. The first kappa shape index (κ1) is 14.4. The monoisotopic (exact) mass is 247 g/mol. The summed E-state index contributed by atoms with van der Waals surface area (Å²) in [6.07, 6.45) is 0. The average Bonchev–Trinajstić information content (AvgIpc) is 2.28. The fraction of sp³-hybridized carbons (Fsp3) is 0.467. The second-order valence-corrected chi connectivity index (χ2v) is 5.10. The summed E-state index contributed by atoms with van der Waals surface area (Å²) in [5.41, 5.74) is 3.15. The van der Waals surface area contributed by atoms with Gasteiger partial charge in [-0.05, 0) is 29.9 Å². The zero-order chi connectivity index (χ0) is 13.9. The van der Waals surface area contributed by atoms with Crippen molar-refractivity contribution in [3.8, 4) is 0 Å². The van der Waals surface area contributed by atoms with Gasteiger partial charge in [-0.3, -0.25) is 0 Å². The van der Waals surface area contributed by atoms with Gasteiger partial charge < -0.3 is 5.11 Å². The zero-order valence-corrected chi connectivity index (χ0v) is 11.7. The molecule has 0 aliphatic heterocycles. The Bertz CT molecular complexity index is 447. The van der Waals surface area contributed by atoms with E-state index in [-0.39, 0.29) is 5.71 Å². The van der Waals surface area contributed by atoms with Gasteiger partial charge in [0, 0.05) is 0 Å². The highest BCUT2D eigenvalue weighted by molar-refractivity contribution is 6.35. The molecule has 0 unspecified atom stereocenters. The van der Waals surface area contributed by atoms with Crippen molar-refractivity contribution in [2.24, 2.45) is 4.99 Å². The van der Waals surface area contributed by atoms with E-state index in [2.05, 4.69) is 32.7 Å². The first-order valence-corrected chi connectivity index (χ1v) is 6.26. The highest BCUT2D eigenvalue weighted by atomic mass is 16.4. The maximum atomic E-state index is 10.9. The van der Waals surface area contributed by atoms with Crippen molar-refractivity contribution in [2.75, 3.05) is 0 Å². The predicted octanol–water partition coefficient (Wildman–Crippen LogP) is 4.11. The van der Waals surface area contributed by atoms with Gasteiger partial charge >= 0.3 is 5.97 Å². The van der Waals surface area contributed by atoms with Crippen molar-refractivity contribution in [3.05, 3.63) is 29.3 Å². The standard InChI is InChI=1S/C15H21NO2/c1-9(2)12-7-6-8-13(10(3)4)14(12)16-11(5)15(17)18/h6-10H,1-5H3,(H,17,18). The summed E-state index contributed by atoms with van der Waals surface area (Å²) < 4.78 is 0. The van der Waals surface area contributed by atoms with Gasteiger partial charge in [0.25, 0.3) is 0 Å². The number of hydrogen-bond donors (Lipinski definition) is 1. The summed E-state index contributed by atoms with van der Waals surface area (Å²) in [6, 6.07) is 6.05. The number of carbonyl (C=O) groups is 1. The number of carboxylic acids is 1. The smallest absolute Gasteiger partial charge is 0.349 e. The second kappa shape index (κ2) is 5.80. The van der Waals surface area contributed by atoms with Crippen molar-refractivity contribution >= 4 is 17.4 Å². The molecule has 1 N–H and O–H groups in total. The van der Waals surface area contributed by atoms with E-state index in [4.69, 9.17) is 5.11 Å². The van der Waals surface area contributed by atoms with Crippen molar-refractivity contribution in [1.29, 1.82) is 0 Å². The predicted molar refractivity (Wildman–Crippen MR) is 75.0 cm³/mol. The van der Waals surface area contributed by atoms with E-state index >= 15 is 0 Å². The summed E-state index contributed by atoms with van der Waals surface area (Å²) in [5.74, 6) is -0.323.